The van der Waals surface area contributed by atoms with Gasteiger partial charge in [0.1, 0.15) is 0 Å². The lowest BCUT2D eigenvalue weighted by atomic mass is 10.2. The highest BCUT2D eigenvalue weighted by atomic mass is 28.4. The van der Waals surface area contributed by atoms with Gasteiger partial charge < -0.3 is 8.85 Å². The second kappa shape index (κ2) is 7.13. The van der Waals surface area contributed by atoms with Crippen LogP contribution in [0.15, 0.2) is 43.0 Å². The molecule has 3 nitrogen and oxygen atoms in total. The Balaban J connectivity index is 2.67. The van der Waals surface area contributed by atoms with Crippen molar-refractivity contribution in [1.29, 1.82) is 0 Å². The molecule has 18 heavy (non-hydrogen) atoms. The van der Waals surface area contributed by atoms with Gasteiger partial charge in [0.2, 0.25) is 0 Å². The predicted octanol–water partition coefficient (Wildman–Crippen LogP) is 3.41. The molecule has 0 aliphatic rings. The lowest BCUT2D eigenvalue weighted by Crippen LogP contribution is -2.42. The SMILES string of the molecule is C=CC(=O)O[Si](CC)(CC)OCc1ccccc1. The van der Waals surface area contributed by atoms with E-state index in [0.717, 1.165) is 17.7 Å². The van der Waals surface area contributed by atoms with Crippen molar-refractivity contribution in [3.05, 3.63) is 48.6 Å². The molecule has 0 spiro atoms. The van der Waals surface area contributed by atoms with Crippen molar-refractivity contribution in [2.45, 2.75) is 32.5 Å². The van der Waals surface area contributed by atoms with Crippen LogP contribution in [0.2, 0.25) is 12.1 Å². The van der Waals surface area contributed by atoms with E-state index in [1.807, 2.05) is 44.2 Å². The summed E-state index contributed by atoms with van der Waals surface area (Å²) < 4.78 is 11.4. The fourth-order valence-electron chi connectivity index (χ4n) is 1.64. The summed E-state index contributed by atoms with van der Waals surface area (Å²) in [5.74, 6) is -0.390. The lowest BCUT2D eigenvalue weighted by Gasteiger charge is -2.27. The summed E-state index contributed by atoms with van der Waals surface area (Å²) in [7, 11) is -2.43. The molecule has 1 aromatic rings. The number of hydrogen-bond donors (Lipinski definition) is 0. The molecule has 0 atom stereocenters. The first-order valence-corrected chi connectivity index (χ1v) is 8.42. The van der Waals surface area contributed by atoms with Gasteiger partial charge in [-0.25, -0.2) is 4.79 Å². The van der Waals surface area contributed by atoms with Crippen molar-refractivity contribution in [3.8, 4) is 0 Å². The normalized spacial score (nSPS) is 11.0. The maximum atomic E-state index is 11.4. The molecular weight excluding hydrogens is 244 g/mol. The smallest absolute Gasteiger partial charge is 0.401 e. The van der Waals surface area contributed by atoms with Gasteiger partial charge in [-0.3, -0.25) is 0 Å². The third-order valence-electron chi connectivity index (χ3n) is 2.88. The Morgan fingerprint density at radius 3 is 2.39 bits per heavy atom. The molecule has 0 bridgehead atoms. The summed E-state index contributed by atoms with van der Waals surface area (Å²) in [6, 6.07) is 11.4. The molecule has 1 aromatic carbocycles. The topological polar surface area (TPSA) is 35.5 Å². The summed E-state index contributed by atoms with van der Waals surface area (Å²) in [5.41, 5.74) is 1.09. The zero-order valence-corrected chi connectivity index (χ0v) is 12.0. The van der Waals surface area contributed by atoms with Crippen LogP contribution in [0, 0.1) is 0 Å². The monoisotopic (exact) mass is 264 g/mol. The Kier molecular flexibility index (Phi) is 5.81. The van der Waals surface area contributed by atoms with Crippen LogP contribution in [0.5, 0.6) is 0 Å². The van der Waals surface area contributed by atoms with Gasteiger partial charge in [0.25, 0.3) is 0 Å². The molecule has 0 saturated carbocycles. The van der Waals surface area contributed by atoms with E-state index in [9.17, 15) is 4.79 Å². The first-order chi connectivity index (χ1) is 8.65. The molecule has 0 amide bonds. The van der Waals surface area contributed by atoms with E-state index in [0.29, 0.717) is 6.61 Å². The van der Waals surface area contributed by atoms with E-state index < -0.39 is 14.5 Å². The Morgan fingerprint density at radius 2 is 1.89 bits per heavy atom. The van der Waals surface area contributed by atoms with Crippen molar-refractivity contribution in [3.63, 3.8) is 0 Å². The fourth-order valence-corrected chi connectivity index (χ4v) is 3.78. The summed E-state index contributed by atoms with van der Waals surface area (Å²) in [4.78, 5) is 11.4. The molecule has 0 aliphatic carbocycles. The molecule has 0 unspecified atom stereocenters. The van der Waals surface area contributed by atoms with Crippen molar-refractivity contribution in [1.82, 2.24) is 0 Å². The maximum Gasteiger partial charge on any atom is 0.401 e. The van der Waals surface area contributed by atoms with E-state index in [1.54, 1.807) is 0 Å². The number of rotatable bonds is 7. The predicted molar refractivity (Wildman–Crippen MR) is 74.2 cm³/mol. The van der Waals surface area contributed by atoms with Gasteiger partial charge in [-0.05, 0) is 17.7 Å². The molecule has 4 heteroatoms. The molecule has 1 rings (SSSR count). The molecule has 98 valence electrons. The van der Waals surface area contributed by atoms with Crippen LogP contribution in [0.3, 0.4) is 0 Å². The number of hydrogen-bond acceptors (Lipinski definition) is 3. The second-order valence-corrected chi connectivity index (χ2v) is 7.75. The minimum Gasteiger partial charge on any atom is -0.491 e. The third-order valence-corrected chi connectivity index (χ3v) is 6.27. The Hall–Kier alpha value is -1.39. The maximum absolute atomic E-state index is 11.4. The number of benzene rings is 1. The quantitative estimate of drug-likeness (QED) is 0.559. The van der Waals surface area contributed by atoms with Crippen LogP contribution in [-0.2, 0) is 20.3 Å². The summed E-state index contributed by atoms with van der Waals surface area (Å²) in [5, 5.41) is 0. The molecule has 0 N–H and O–H groups in total. The highest BCUT2D eigenvalue weighted by Gasteiger charge is 2.37. The van der Waals surface area contributed by atoms with E-state index in [-0.39, 0.29) is 0 Å². The zero-order valence-electron chi connectivity index (χ0n) is 11.0. The Morgan fingerprint density at radius 1 is 1.28 bits per heavy atom. The molecule has 0 aliphatic heterocycles. The zero-order chi connectivity index (χ0) is 13.4. The minimum absolute atomic E-state index is 0.390. The van der Waals surface area contributed by atoms with Crippen LogP contribution < -0.4 is 0 Å². The molecule has 0 heterocycles. The van der Waals surface area contributed by atoms with Crippen LogP contribution in [0.25, 0.3) is 0 Å². The van der Waals surface area contributed by atoms with Crippen molar-refractivity contribution >= 4 is 14.5 Å². The first kappa shape index (κ1) is 14.7. The van der Waals surface area contributed by atoms with Crippen LogP contribution in [-0.4, -0.2) is 14.5 Å². The Labute approximate surface area is 110 Å². The van der Waals surface area contributed by atoms with Gasteiger partial charge >= 0.3 is 14.5 Å². The van der Waals surface area contributed by atoms with Gasteiger partial charge in [0.05, 0.1) is 6.61 Å². The van der Waals surface area contributed by atoms with Crippen LogP contribution in [0.4, 0.5) is 0 Å². The molecule has 0 aromatic heterocycles. The van der Waals surface area contributed by atoms with Crippen LogP contribution in [0.1, 0.15) is 19.4 Å². The van der Waals surface area contributed by atoms with Crippen molar-refractivity contribution in [2.24, 2.45) is 0 Å². The highest BCUT2D eigenvalue weighted by Crippen LogP contribution is 2.20. The highest BCUT2D eigenvalue weighted by molar-refractivity contribution is 6.68. The van der Waals surface area contributed by atoms with Crippen molar-refractivity contribution < 1.29 is 13.6 Å². The van der Waals surface area contributed by atoms with Gasteiger partial charge in [-0.2, -0.15) is 0 Å². The second-order valence-electron chi connectivity index (χ2n) is 4.02. The molecule has 0 radical (unpaired) electrons. The van der Waals surface area contributed by atoms with Gasteiger partial charge in [-0.1, -0.05) is 50.8 Å². The molecular formula is C14H20O3Si. The van der Waals surface area contributed by atoms with Crippen LogP contribution >= 0.6 is 0 Å². The van der Waals surface area contributed by atoms with Gasteiger partial charge in [0.15, 0.2) is 0 Å². The number of carbonyl (C=O) groups excluding carboxylic acids is 1. The van der Waals surface area contributed by atoms with Gasteiger partial charge in [-0.15, -0.1) is 0 Å². The number of carbonyl (C=O) groups is 1. The standard InChI is InChI=1S/C14H20O3Si/c1-4-14(15)17-18(5-2,6-3)16-12-13-10-8-7-9-11-13/h4,7-11H,1,5-6,12H2,2-3H3. The summed E-state index contributed by atoms with van der Waals surface area (Å²) >= 11 is 0. The minimum atomic E-state index is -2.43. The van der Waals surface area contributed by atoms with E-state index >= 15 is 0 Å². The van der Waals surface area contributed by atoms with Crippen molar-refractivity contribution in [2.75, 3.05) is 0 Å². The lowest BCUT2D eigenvalue weighted by molar-refractivity contribution is -0.131. The first-order valence-electron chi connectivity index (χ1n) is 6.19. The van der Waals surface area contributed by atoms with Gasteiger partial charge in [0, 0.05) is 6.08 Å². The molecule has 0 saturated heterocycles. The molecule has 0 fully saturated rings. The van der Waals surface area contributed by atoms with E-state index in [4.69, 9.17) is 8.85 Å². The largest absolute Gasteiger partial charge is 0.491 e. The Bertz CT molecular complexity index is 385. The summed E-state index contributed by atoms with van der Waals surface area (Å²) in [6.07, 6.45) is 1.19. The van der Waals surface area contributed by atoms with E-state index in [2.05, 4.69) is 6.58 Å². The fraction of sp³-hybridized carbons (Fsp3) is 0.357. The van der Waals surface area contributed by atoms with E-state index in [1.165, 1.54) is 6.08 Å². The average Bonchev–Trinajstić information content (AvgIpc) is 2.44. The third kappa shape index (κ3) is 4.12. The summed E-state index contributed by atoms with van der Waals surface area (Å²) in [6.45, 7) is 7.90. The average molecular weight is 264 g/mol.